The van der Waals surface area contributed by atoms with Crippen LogP contribution in [0, 0.1) is 5.82 Å². The zero-order chi connectivity index (χ0) is 16.2. The van der Waals surface area contributed by atoms with Crippen LogP contribution in [-0.4, -0.2) is 5.11 Å². The lowest BCUT2D eigenvalue weighted by Gasteiger charge is -2.16. The molecule has 3 heteroatoms. The molecule has 0 atom stereocenters. The van der Waals surface area contributed by atoms with Gasteiger partial charge in [-0.2, -0.15) is 0 Å². The lowest BCUT2D eigenvalue weighted by Crippen LogP contribution is -1.96. The van der Waals surface area contributed by atoms with Gasteiger partial charge in [-0.1, -0.05) is 52.5 Å². The zero-order valence-corrected chi connectivity index (χ0v) is 14.6. The molecule has 23 heavy (non-hydrogen) atoms. The molecule has 1 aliphatic rings. The van der Waals surface area contributed by atoms with Gasteiger partial charge in [0.05, 0.1) is 0 Å². The van der Waals surface area contributed by atoms with Crippen LogP contribution in [0.1, 0.15) is 49.7 Å². The SMILES string of the molecule is Oc1ccc(C(=C2CCCCCC2)c2ccc(Br)cc2)cc1F. The van der Waals surface area contributed by atoms with Crippen LogP contribution in [0.2, 0.25) is 0 Å². The topological polar surface area (TPSA) is 20.2 Å². The Morgan fingerprint density at radius 2 is 1.48 bits per heavy atom. The van der Waals surface area contributed by atoms with Crippen LogP contribution in [0.25, 0.3) is 5.57 Å². The van der Waals surface area contributed by atoms with E-state index in [0.29, 0.717) is 0 Å². The van der Waals surface area contributed by atoms with E-state index in [9.17, 15) is 9.50 Å². The predicted molar refractivity (Wildman–Crippen MR) is 95.9 cm³/mol. The highest BCUT2D eigenvalue weighted by molar-refractivity contribution is 9.10. The summed E-state index contributed by atoms with van der Waals surface area (Å²) in [5, 5.41) is 9.49. The summed E-state index contributed by atoms with van der Waals surface area (Å²) in [6, 6.07) is 12.9. The van der Waals surface area contributed by atoms with Crippen molar-refractivity contribution in [2.75, 3.05) is 0 Å². The van der Waals surface area contributed by atoms with Gasteiger partial charge in [0, 0.05) is 4.47 Å². The zero-order valence-electron chi connectivity index (χ0n) is 13.0. The van der Waals surface area contributed by atoms with Crippen LogP contribution in [0.4, 0.5) is 4.39 Å². The van der Waals surface area contributed by atoms with Gasteiger partial charge < -0.3 is 5.11 Å². The van der Waals surface area contributed by atoms with Crippen molar-refractivity contribution in [1.82, 2.24) is 0 Å². The lowest BCUT2D eigenvalue weighted by molar-refractivity contribution is 0.432. The number of phenolic OH excluding ortho intramolecular Hbond substituents is 1. The van der Waals surface area contributed by atoms with E-state index in [2.05, 4.69) is 28.1 Å². The molecule has 120 valence electrons. The molecular formula is C20H20BrFO. The highest BCUT2D eigenvalue weighted by Crippen LogP contribution is 2.35. The second-order valence-corrected chi connectivity index (χ2v) is 6.98. The Bertz CT molecular complexity index is 709. The first-order valence-electron chi connectivity index (χ1n) is 8.12. The molecule has 2 aromatic rings. The molecule has 1 N–H and O–H groups in total. The number of hydrogen-bond acceptors (Lipinski definition) is 1. The minimum Gasteiger partial charge on any atom is -0.505 e. The molecule has 0 aliphatic heterocycles. The van der Waals surface area contributed by atoms with Crippen LogP contribution in [0.15, 0.2) is 52.5 Å². The molecule has 1 fully saturated rings. The first-order valence-corrected chi connectivity index (χ1v) is 8.91. The molecule has 3 rings (SSSR count). The maximum Gasteiger partial charge on any atom is 0.165 e. The Kier molecular flexibility index (Phi) is 5.16. The molecule has 0 aromatic heterocycles. The van der Waals surface area contributed by atoms with E-state index >= 15 is 0 Å². The summed E-state index contributed by atoms with van der Waals surface area (Å²) in [6.07, 6.45) is 7.04. The van der Waals surface area contributed by atoms with Gasteiger partial charge in [-0.15, -0.1) is 0 Å². The van der Waals surface area contributed by atoms with Crippen molar-refractivity contribution in [3.8, 4) is 5.75 Å². The van der Waals surface area contributed by atoms with Crippen molar-refractivity contribution in [2.24, 2.45) is 0 Å². The van der Waals surface area contributed by atoms with E-state index in [1.54, 1.807) is 0 Å². The van der Waals surface area contributed by atoms with Gasteiger partial charge >= 0.3 is 0 Å². The van der Waals surface area contributed by atoms with Gasteiger partial charge in [-0.3, -0.25) is 0 Å². The fourth-order valence-corrected chi connectivity index (χ4v) is 3.52. The van der Waals surface area contributed by atoms with Gasteiger partial charge in [0.1, 0.15) is 0 Å². The summed E-state index contributed by atoms with van der Waals surface area (Å²) in [5.74, 6) is -0.860. The Labute approximate surface area is 145 Å². The summed E-state index contributed by atoms with van der Waals surface area (Å²) in [5.41, 5.74) is 4.47. The standard InChI is InChI=1S/C20H20BrFO/c21-17-10-7-15(8-11-17)20(14-5-3-1-2-4-6-14)16-9-12-19(23)18(22)13-16/h7-13,23H,1-6H2. The van der Waals surface area contributed by atoms with Gasteiger partial charge in [0.2, 0.25) is 0 Å². The third kappa shape index (κ3) is 3.84. The molecule has 0 radical (unpaired) electrons. The Morgan fingerprint density at radius 3 is 2.09 bits per heavy atom. The predicted octanol–water partition coefficient (Wildman–Crippen LogP) is 6.45. The van der Waals surface area contributed by atoms with E-state index in [4.69, 9.17) is 0 Å². The minimum absolute atomic E-state index is 0.297. The van der Waals surface area contributed by atoms with Gasteiger partial charge in [0.25, 0.3) is 0 Å². The number of benzene rings is 2. The molecule has 0 heterocycles. The highest BCUT2D eigenvalue weighted by Gasteiger charge is 2.15. The Hall–Kier alpha value is -1.61. The number of allylic oxidation sites excluding steroid dienone is 1. The van der Waals surface area contributed by atoms with Crippen molar-refractivity contribution in [3.63, 3.8) is 0 Å². The maximum absolute atomic E-state index is 13.9. The fourth-order valence-electron chi connectivity index (χ4n) is 3.26. The van der Waals surface area contributed by atoms with Crippen molar-refractivity contribution in [3.05, 3.63) is 69.5 Å². The van der Waals surface area contributed by atoms with Crippen LogP contribution < -0.4 is 0 Å². The summed E-state index contributed by atoms with van der Waals surface area (Å²) in [6.45, 7) is 0. The number of rotatable bonds is 2. The largest absolute Gasteiger partial charge is 0.505 e. The monoisotopic (exact) mass is 374 g/mol. The second-order valence-electron chi connectivity index (χ2n) is 6.07. The summed E-state index contributed by atoms with van der Waals surface area (Å²) in [4.78, 5) is 0. The van der Waals surface area contributed by atoms with Crippen LogP contribution >= 0.6 is 15.9 Å². The molecule has 0 spiro atoms. The first kappa shape index (κ1) is 16.3. The minimum atomic E-state index is -0.564. The highest BCUT2D eigenvalue weighted by atomic mass is 79.9. The van der Waals surface area contributed by atoms with Crippen molar-refractivity contribution < 1.29 is 9.50 Å². The summed E-state index contributed by atoms with van der Waals surface area (Å²) < 4.78 is 14.9. The van der Waals surface area contributed by atoms with Gasteiger partial charge in [-0.25, -0.2) is 4.39 Å². The fraction of sp³-hybridized carbons (Fsp3) is 0.300. The Balaban J connectivity index is 2.14. The van der Waals surface area contributed by atoms with Crippen LogP contribution in [0.5, 0.6) is 5.75 Å². The van der Waals surface area contributed by atoms with E-state index in [-0.39, 0.29) is 5.75 Å². The smallest absolute Gasteiger partial charge is 0.165 e. The molecule has 0 amide bonds. The number of hydrogen-bond donors (Lipinski definition) is 1. The van der Waals surface area contributed by atoms with Crippen molar-refractivity contribution in [2.45, 2.75) is 38.5 Å². The maximum atomic E-state index is 13.9. The van der Waals surface area contributed by atoms with Crippen molar-refractivity contribution >= 4 is 21.5 Å². The molecule has 1 nitrogen and oxygen atoms in total. The van der Waals surface area contributed by atoms with Gasteiger partial charge in [-0.05, 0) is 66.6 Å². The van der Waals surface area contributed by atoms with E-state index in [0.717, 1.165) is 34.0 Å². The van der Waals surface area contributed by atoms with Crippen LogP contribution in [-0.2, 0) is 0 Å². The van der Waals surface area contributed by atoms with E-state index in [1.807, 2.05) is 18.2 Å². The summed E-state index contributed by atoms with van der Waals surface area (Å²) in [7, 11) is 0. The van der Waals surface area contributed by atoms with E-state index < -0.39 is 5.82 Å². The van der Waals surface area contributed by atoms with Crippen LogP contribution in [0.3, 0.4) is 0 Å². The molecule has 0 unspecified atom stereocenters. The number of aromatic hydroxyl groups is 1. The third-order valence-electron chi connectivity index (χ3n) is 4.43. The molecule has 1 aliphatic carbocycles. The third-order valence-corrected chi connectivity index (χ3v) is 4.96. The molecule has 1 saturated carbocycles. The Morgan fingerprint density at radius 1 is 0.870 bits per heavy atom. The average molecular weight is 375 g/mol. The quantitative estimate of drug-likeness (QED) is 0.598. The van der Waals surface area contributed by atoms with Crippen molar-refractivity contribution in [1.29, 1.82) is 0 Å². The summed E-state index contributed by atoms with van der Waals surface area (Å²) >= 11 is 3.47. The van der Waals surface area contributed by atoms with E-state index in [1.165, 1.54) is 43.4 Å². The normalized spacial score (nSPS) is 15.3. The molecule has 0 saturated heterocycles. The van der Waals surface area contributed by atoms with Gasteiger partial charge in [0.15, 0.2) is 11.6 Å². The first-order chi connectivity index (χ1) is 11.1. The second kappa shape index (κ2) is 7.31. The average Bonchev–Trinajstić information content (AvgIpc) is 2.82. The number of halogens is 2. The lowest BCUT2D eigenvalue weighted by atomic mass is 9.89. The molecular weight excluding hydrogens is 355 g/mol. The molecule has 0 bridgehead atoms. The number of phenols is 1. The molecule has 2 aromatic carbocycles.